The third kappa shape index (κ3) is 2.71. The van der Waals surface area contributed by atoms with Crippen molar-refractivity contribution in [2.24, 2.45) is 0 Å². The molecule has 0 aliphatic carbocycles. The molecule has 3 rings (SSSR count). The van der Waals surface area contributed by atoms with Crippen molar-refractivity contribution >= 4 is 22.9 Å². The van der Waals surface area contributed by atoms with E-state index in [1.807, 2.05) is 6.07 Å². The molecule has 0 amide bonds. The molecule has 1 aliphatic rings. The molecule has 0 saturated carbocycles. The predicted molar refractivity (Wildman–Crippen MR) is 85.1 cm³/mol. The van der Waals surface area contributed by atoms with Gasteiger partial charge in [-0.2, -0.15) is 0 Å². The fraction of sp³-hybridized carbons (Fsp3) is 0.375. The standard InChI is InChI=1S/C16H18ClNOS/c1-18-8-7-14(15-5-6-16(17)20-15)13-4-3-12(19-2)9-11(13)10-18/h3-6,9,14H,7-8,10H2,1-2H3. The van der Waals surface area contributed by atoms with Crippen molar-refractivity contribution in [2.45, 2.75) is 18.9 Å². The zero-order valence-electron chi connectivity index (χ0n) is 11.7. The van der Waals surface area contributed by atoms with Gasteiger partial charge in [-0.25, -0.2) is 0 Å². The zero-order valence-corrected chi connectivity index (χ0v) is 13.3. The quantitative estimate of drug-likeness (QED) is 0.816. The van der Waals surface area contributed by atoms with Gasteiger partial charge in [0.05, 0.1) is 11.4 Å². The molecule has 0 N–H and O–H groups in total. The number of rotatable bonds is 2. The summed E-state index contributed by atoms with van der Waals surface area (Å²) >= 11 is 7.81. The summed E-state index contributed by atoms with van der Waals surface area (Å²) in [5.41, 5.74) is 2.77. The van der Waals surface area contributed by atoms with Crippen LogP contribution in [-0.4, -0.2) is 25.6 Å². The Labute approximate surface area is 128 Å². The van der Waals surface area contributed by atoms with Crippen molar-refractivity contribution < 1.29 is 4.74 Å². The van der Waals surface area contributed by atoms with Crippen LogP contribution in [0.25, 0.3) is 0 Å². The first-order valence-corrected chi connectivity index (χ1v) is 7.97. The molecule has 106 valence electrons. The van der Waals surface area contributed by atoms with E-state index in [-0.39, 0.29) is 0 Å². The van der Waals surface area contributed by atoms with Crippen molar-refractivity contribution in [1.82, 2.24) is 4.90 Å². The van der Waals surface area contributed by atoms with Gasteiger partial charge in [-0.05, 0) is 55.4 Å². The van der Waals surface area contributed by atoms with Gasteiger partial charge in [-0.15, -0.1) is 11.3 Å². The number of halogens is 1. The van der Waals surface area contributed by atoms with Gasteiger partial charge in [0.2, 0.25) is 0 Å². The van der Waals surface area contributed by atoms with E-state index in [0.29, 0.717) is 5.92 Å². The average Bonchev–Trinajstić information content (AvgIpc) is 2.79. The number of fused-ring (bicyclic) bond motifs is 1. The van der Waals surface area contributed by atoms with Crippen molar-refractivity contribution in [3.63, 3.8) is 0 Å². The zero-order chi connectivity index (χ0) is 14.1. The van der Waals surface area contributed by atoms with Crippen molar-refractivity contribution in [1.29, 1.82) is 0 Å². The van der Waals surface area contributed by atoms with E-state index in [1.165, 1.54) is 16.0 Å². The Hall–Kier alpha value is -1.03. The number of thiophene rings is 1. The second-order valence-electron chi connectivity index (χ2n) is 5.29. The molecule has 0 radical (unpaired) electrons. The highest BCUT2D eigenvalue weighted by molar-refractivity contribution is 7.16. The molecule has 0 spiro atoms. The molecule has 0 saturated heterocycles. The summed E-state index contributed by atoms with van der Waals surface area (Å²) < 4.78 is 6.23. The highest BCUT2D eigenvalue weighted by atomic mass is 35.5. The summed E-state index contributed by atoms with van der Waals surface area (Å²) in [7, 11) is 3.89. The Bertz CT molecular complexity index is 610. The van der Waals surface area contributed by atoms with Gasteiger partial charge in [0.1, 0.15) is 5.75 Å². The molecule has 1 unspecified atom stereocenters. The fourth-order valence-electron chi connectivity index (χ4n) is 2.87. The van der Waals surface area contributed by atoms with Crippen LogP contribution >= 0.6 is 22.9 Å². The third-order valence-corrected chi connectivity index (χ3v) is 5.25. The largest absolute Gasteiger partial charge is 0.497 e. The molecular formula is C16H18ClNOS. The van der Waals surface area contributed by atoms with Crippen LogP contribution in [0.5, 0.6) is 5.75 Å². The molecule has 0 fully saturated rings. The molecule has 4 heteroatoms. The summed E-state index contributed by atoms with van der Waals surface area (Å²) in [5.74, 6) is 1.38. The highest BCUT2D eigenvalue weighted by Gasteiger charge is 2.23. The predicted octanol–water partition coefficient (Wildman–Crippen LogP) is 4.38. The summed E-state index contributed by atoms with van der Waals surface area (Å²) in [6, 6.07) is 10.6. The van der Waals surface area contributed by atoms with Gasteiger partial charge >= 0.3 is 0 Å². The van der Waals surface area contributed by atoms with Crippen LogP contribution in [-0.2, 0) is 6.54 Å². The summed E-state index contributed by atoms with van der Waals surface area (Å²) in [6.07, 6.45) is 1.13. The number of hydrogen-bond donors (Lipinski definition) is 0. The summed E-state index contributed by atoms with van der Waals surface area (Å²) in [5, 5.41) is 0. The number of nitrogens with zero attached hydrogens (tertiary/aromatic N) is 1. The molecule has 1 aromatic carbocycles. The monoisotopic (exact) mass is 307 g/mol. The van der Waals surface area contributed by atoms with Gasteiger partial charge < -0.3 is 9.64 Å². The first-order valence-electron chi connectivity index (χ1n) is 6.78. The van der Waals surface area contributed by atoms with E-state index >= 15 is 0 Å². The Balaban J connectivity index is 2.05. The summed E-state index contributed by atoms with van der Waals surface area (Å²) in [6.45, 7) is 2.07. The van der Waals surface area contributed by atoms with Crippen molar-refractivity contribution in [3.8, 4) is 5.75 Å². The lowest BCUT2D eigenvalue weighted by Gasteiger charge is -2.16. The van der Waals surface area contributed by atoms with Crippen LogP contribution < -0.4 is 4.74 Å². The molecular weight excluding hydrogens is 290 g/mol. The number of methoxy groups -OCH3 is 1. The maximum Gasteiger partial charge on any atom is 0.119 e. The van der Waals surface area contributed by atoms with E-state index < -0.39 is 0 Å². The molecule has 2 nitrogen and oxygen atoms in total. The van der Waals surface area contributed by atoms with E-state index in [4.69, 9.17) is 16.3 Å². The first kappa shape index (κ1) is 13.9. The lowest BCUT2D eigenvalue weighted by Crippen LogP contribution is -2.17. The SMILES string of the molecule is COc1ccc2c(c1)CN(C)CCC2c1ccc(Cl)s1. The fourth-order valence-corrected chi connectivity index (χ4v) is 4.09. The maximum absolute atomic E-state index is 6.11. The molecule has 20 heavy (non-hydrogen) atoms. The minimum atomic E-state index is 0.443. The molecule has 1 aromatic heterocycles. The number of benzene rings is 1. The first-order chi connectivity index (χ1) is 9.67. The van der Waals surface area contributed by atoms with Crippen LogP contribution in [0.3, 0.4) is 0 Å². The summed E-state index contributed by atoms with van der Waals surface area (Å²) in [4.78, 5) is 3.73. The molecule has 1 atom stereocenters. The van der Waals surface area contributed by atoms with Gasteiger partial charge in [-0.3, -0.25) is 0 Å². The van der Waals surface area contributed by atoms with E-state index in [2.05, 4.69) is 36.2 Å². The van der Waals surface area contributed by atoms with Crippen LogP contribution in [0.1, 0.15) is 28.3 Å². The van der Waals surface area contributed by atoms with Crippen molar-refractivity contribution in [3.05, 3.63) is 50.7 Å². The maximum atomic E-state index is 6.11. The lowest BCUT2D eigenvalue weighted by atomic mass is 9.91. The molecule has 1 aliphatic heterocycles. The molecule has 0 bridgehead atoms. The van der Waals surface area contributed by atoms with Gasteiger partial charge in [-0.1, -0.05) is 17.7 Å². The molecule has 2 heterocycles. The van der Waals surface area contributed by atoms with Gasteiger partial charge in [0.25, 0.3) is 0 Å². The van der Waals surface area contributed by atoms with E-state index in [0.717, 1.165) is 29.6 Å². The normalized spacial score (nSPS) is 19.4. The van der Waals surface area contributed by atoms with Crippen LogP contribution in [0.2, 0.25) is 4.34 Å². The minimum Gasteiger partial charge on any atom is -0.497 e. The van der Waals surface area contributed by atoms with E-state index in [1.54, 1.807) is 18.4 Å². The van der Waals surface area contributed by atoms with Crippen LogP contribution in [0.15, 0.2) is 30.3 Å². The topological polar surface area (TPSA) is 12.5 Å². The Morgan fingerprint density at radius 3 is 2.85 bits per heavy atom. The van der Waals surface area contributed by atoms with Crippen LogP contribution in [0, 0.1) is 0 Å². The number of hydrogen-bond acceptors (Lipinski definition) is 3. The highest BCUT2D eigenvalue weighted by Crippen LogP contribution is 2.39. The Kier molecular flexibility index (Phi) is 4.01. The minimum absolute atomic E-state index is 0.443. The van der Waals surface area contributed by atoms with Crippen LogP contribution in [0.4, 0.5) is 0 Å². The van der Waals surface area contributed by atoms with Crippen molar-refractivity contribution in [2.75, 3.05) is 20.7 Å². The van der Waals surface area contributed by atoms with Gasteiger partial charge in [0.15, 0.2) is 0 Å². The smallest absolute Gasteiger partial charge is 0.119 e. The second-order valence-corrected chi connectivity index (χ2v) is 7.03. The lowest BCUT2D eigenvalue weighted by molar-refractivity contribution is 0.328. The number of ether oxygens (including phenoxy) is 1. The second kappa shape index (κ2) is 5.76. The van der Waals surface area contributed by atoms with Gasteiger partial charge in [0, 0.05) is 17.3 Å². The third-order valence-electron chi connectivity index (χ3n) is 3.90. The average molecular weight is 308 g/mol. The Morgan fingerprint density at radius 1 is 1.30 bits per heavy atom. The molecule has 2 aromatic rings. The Morgan fingerprint density at radius 2 is 2.15 bits per heavy atom. The van der Waals surface area contributed by atoms with E-state index in [9.17, 15) is 0 Å².